The zero-order valence-corrected chi connectivity index (χ0v) is 17.7. The first kappa shape index (κ1) is 22.4. The maximum atomic E-state index is 12.9. The summed E-state index contributed by atoms with van der Waals surface area (Å²) in [4.78, 5) is 24.3. The van der Waals surface area contributed by atoms with Crippen LogP contribution in [-0.4, -0.2) is 17.8 Å². The molecule has 0 saturated heterocycles. The van der Waals surface area contributed by atoms with Crippen molar-refractivity contribution < 1.29 is 32.4 Å². The van der Waals surface area contributed by atoms with Crippen molar-refractivity contribution in [3.8, 4) is 17.2 Å². The van der Waals surface area contributed by atoms with Crippen molar-refractivity contribution in [3.63, 3.8) is 0 Å². The Morgan fingerprint density at radius 3 is 2.39 bits per heavy atom. The third-order valence-corrected chi connectivity index (χ3v) is 5.86. The summed E-state index contributed by atoms with van der Waals surface area (Å²) in [6.07, 6.45) is -3.05. The van der Waals surface area contributed by atoms with E-state index in [0.29, 0.717) is 28.2 Å². The Kier molecular flexibility index (Phi) is 5.86. The molecule has 0 amide bonds. The Bertz CT molecular complexity index is 1300. The monoisotopic (exact) mass is 473 g/mol. The van der Waals surface area contributed by atoms with E-state index in [2.05, 4.69) is 0 Å². The van der Waals surface area contributed by atoms with Crippen LogP contribution in [0.25, 0.3) is 6.08 Å². The first-order valence-electron chi connectivity index (χ1n) is 9.42. The van der Waals surface area contributed by atoms with Gasteiger partial charge in [0.2, 0.25) is 11.5 Å². The molecule has 33 heavy (non-hydrogen) atoms. The Morgan fingerprint density at radius 2 is 1.73 bits per heavy atom. The molecule has 0 aromatic heterocycles. The Morgan fingerprint density at radius 1 is 1.00 bits per heavy atom. The maximum absolute atomic E-state index is 12.9. The van der Waals surface area contributed by atoms with Crippen LogP contribution in [0.2, 0.25) is 0 Å². The number of hydrogen-bond acceptors (Lipinski definition) is 6. The van der Waals surface area contributed by atoms with Gasteiger partial charge in [-0.2, -0.15) is 13.2 Å². The normalized spacial score (nSPS) is 14.3. The van der Waals surface area contributed by atoms with Crippen molar-refractivity contribution in [1.29, 1.82) is 0 Å². The van der Waals surface area contributed by atoms with Crippen LogP contribution in [0.5, 0.6) is 17.2 Å². The summed E-state index contributed by atoms with van der Waals surface area (Å²) in [5.41, 5.74) is -0.751. The third-order valence-electron chi connectivity index (χ3n) is 4.76. The van der Waals surface area contributed by atoms with Gasteiger partial charge in [-0.15, -0.1) is 0 Å². The fourth-order valence-electron chi connectivity index (χ4n) is 3.19. The van der Waals surface area contributed by atoms with Crippen molar-refractivity contribution in [1.82, 2.24) is 0 Å². The van der Waals surface area contributed by atoms with E-state index in [0.717, 1.165) is 11.0 Å². The minimum absolute atomic E-state index is 0.0659. The summed E-state index contributed by atoms with van der Waals surface area (Å²) in [7, 11) is 1.35. The van der Waals surface area contributed by atoms with E-state index >= 15 is 0 Å². The molecule has 0 N–H and O–H groups in total. The third kappa shape index (κ3) is 4.56. The van der Waals surface area contributed by atoms with E-state index in [1.165, 1.54) is 24.9 Å². The van der Waals surface area contributed by atoms with Gasteiger partial charge in [0.05, 0.1) is 22.5 Å². The smallest absolute Gasteiger partial charge is 0.416 e. The highest BCUT2D eigenvalue weighted by atomic mass is 32.2. The lowest BCUT2D eigenvalue weighted by Crippen LogP contribution is -2.06. The van der Waals surface area contributed by atoms with Gasteiger partial charge >= 0.3 is 11.9 Å². The first-order valence-corrected chi connectivity index (χ1v) is 10.2. The second kappa shape index (κ2) is 8.62. The summed E-state index contributed by atoms with van der Waals surface area (Å²) < 4.78 is 49.6. The number of nitro benzene ring substituents is 1. The predicted molar refractivity (Wildman–Crippen MR) is 116 cm³/mol. The number of halogens is 3. The number of rotatable bonds is 5. The number of Topliss-reactive ketones (excluding diaryl/α,β-unsaturated/α-hetero) is 1. The van der Waals surface area contributed by atoms with E-state index in [-0.39, 0.29) is 23.0 Å². The number of hydrogen-bond donors (Lipinski definition) is 0. The molecule has 0 atom stereocenters. The number of benzene rings is 3. The number of methoxy groups -OCH3 is 1. The van der Waals surface area contributed by atoms with Crippen molar-refractivity contribution in [2.24, 2.45) is 0 Å². The Hall–Kier alpha value is -3.79. The van der Waals surface area contributed by atoms with Gasteiger partial charge in [0, 0.05) is 16.5 Å². The maximum Gasteiger partial charge on any atom is 0.416 e. The van der Waals surface area contributed by atoms with Crippen LogP contribution in [0.3, 0.4) is 0 Å². The number of carbonyl (C=O) groups is 1. The van der Waals surface area contributed by atoms with Crippen LogP contribution in [0.4, 0.5) is 18.9 Å². The van der Waals surface area contributed by atoms with Gasteiger partial charge in [-0.25, -0.2) is 0 Å². The van der Waals surface area contributed by atoms with Crippen LogP contribution < -0.4 is 9.47 Å². The number of ether oxygens (including phenoxy) is 2. The molecule has 6 nitrogen and oxygen atoms in total. The number of alkyl halides is 3. The van der Waals surface area contributed by atoms with Crippen LogP contribution in [-0.2, 0) is 6.18 Å². The van der Waals surface area contributed by atoms with E-state index in [4.69, 9.17) is 9.47 Å². The zero-order valence-electron chi connectivity index (χ0n) is 16.9. The minimum atomic E-state index is -4.73. The van der Waals surface area contributed by atoms with Crippen LogP contribution >= 0.6 is 11.8 Å². The number of allylic oxidation sites excluding steroid dienone is 1. The van der Waals surface area contributed by atoms with E-state index in [1.54, 1.807) is 30.3 Å². The largest absolute Gasteiger partial charge is 0.493 e. The fourth-order valence-corrected chi connectivity index (χ4v) is 4.24. The van der Waals surface area contributed by atoms with Gasteiger partial charge in [0.25, 0.3) is 0 Å². The lowest BCUT2D eigenvalue weighted by molar-refractivity contribution is -0.385. The van der Waals surface area contributed by atoms with Crippen LogP contribution in [0, 0.1) is 10.1 Å². The number of fused-ring (bicyclic) bond motifs is 1. The molecular weight excluding hydrogens is 459 g/mol. The molecule has 1 aliphatic rings. The molecule has 0 radical (unpaired) electrons. The predicted octanol–water partition coefficient (Wildman–Crippen LogP) is 6.74. The molecule has 4 rings (SSSR count). The average molecular weight is 473 g/mol. The highest BCUT2D eigenvalue weighted by Gasteiger charge is 2.33. The standard InChI is InChI=1S/C23H14F3NO5S/c1-31-19-10-13(11-21-22(28)15-4-2-3-5-20(15)33-21)6-8-18(19)32-17-9-7-14(23(24,25)26)12-16(17)27(29)30/h2-12H,1H3/b21-11-. The van der Waals surface area contributed by atoms with Crippen molar-refractivity contribution >= 4 is 29.3 Å². The van der Waals surface area contributed by atoms with Gasteiger partial charge in [0.1, 0.15) is 0 Å². The lowest BCUT2D eigenvalue weighted by atomic mass is 10.1. The topological polar surface area (TPSA) is 78.7 Å². The number of nitrogens with zero attached hydrogens (tertiary/aromatic N) is 1. The second-order valence-corrected chi connectivity index (χ2v) is 7.97. The molecule has 10 heteroatoms. The second-order valence-electron chi connectivity index (χ2n) is 6.89. The highest BCUT2D eigenvalue weighted by molar-refractivity contribution is 8.04. The number of nitro groups is 1. The van der Waals surface area contributed by atoms with E-state index in [9.17, 15) is 28.1 Å². The molecule has 0 unspecified atom stereocenters. The molecule has 0 saturated carbocycles. The zero-order chi connectivity index (χ0) is 23.8. The van der Waals surface area contributed by atoms with Crippen LogP contribution in [0.15, 0.2) is 70.5 Å². The SMILES string of the molecule is COc1cc(/C=C2\Sc3ccccc3C2=O)ccc1Oc1ccc(C(F)(F)F)cc1[N+](=O)[O-]. The number of carbonyl (C=O) groups excluding carboxylic acids is 1. The van der Waals surface area contributed by atoms with Gasteiger partial charge < -0.3 is 9.47 Å². The van der Waals surface area contributed by atoms with E-state index < -0.39 is 22.4 Å². The molecule has 3 aromatic rings. The fraction of sp³-hybridized carbons (Fsp3) is 0.0870. The molecule has 1 heterocycles. The molecule has 168 valence electrons. The summed E-state index contributed by atoms with van der Waals surface area (Å²) in [5, 5.41) is 11.3. The summed E-state index contributed by atoms with van der Waals surface area (Å²) in [5.74, 6) is -0.215. The molecule has 3 aromatic carbocycles. The summed E-state index contributed by atoms with van der Waals surface area (Å²) >= 11 is 1.34. The van der Waals surface area contributed by atoms with Crippen molar-refractivity contribution in [2.75, 3.05) is 7.11 Å². The molecule has 0 bridgehead atoms. The summed E-state index contributed by atoms with van der Waals surface area (Å²) in [6, 6.07) is 13.9. The number of thioether (sulfide) groups is 1. The molecule has 0 aliphatic carbocycles. The average Bonchev–Trinajstić information content (AvgIpc) is 3.09. The molecule has 1 aliphatic heterocycles. The lowest BCUT2D eigenvalue weighted by Gasteiger charge is -2.13. The Labute approximate surface area is 189 Å². The molecule has 0 spiro atoms. The van der Waals surface area contributed by atoms with Gasteiger partial charge in [-0.3, -0.25) is 14.9 Å². The number of ketones is 1. The summed E-state index contributed by atoms with van der Waals surface area (Å²) in [6.45, 7) is 0. The van der Waals surface area contributed by atoms with Crippen molar-refractivity contribution in [2.45, 2.75) is 11.1 Å². The highest BCUT2D eigenvalue weighted by Crippen LogP contribution is 2.43. The molecule has 0 fully saturated rings. The first-order chi connectivity index (χ1) is 15.7. The van der Waals surface area contributed by atoms with Gasteiger partial charge in [0.15, 0.2) is 11.5 Å². The quantitative estimate of drug-likeness (QED) is 0.232. The minimum Gasteiger partial charge on any atom is -0.493 e. The van der Waals surface area contributed by atoms with Crippen LogP contribution in [0.1, 0.15) is 21.5 Å². The van der Waals surface area contributed by atoms with Gasteiger partial charge in [-0.1, -0.05) is 30.0 Å². The van der Waals surface area contributed by atoms with Crippen molar-refractivity contribution in [3.05, 3.63) is 92.4 Å². The Balaban J connectivity index is 1.64. The van der Waals surface area contributed by atoms with E-state index in [1.807, 2.05) is 12.1 Å². The van der Waals surface area contributed by atoms with Gasteiger partial charge in [-0.05, 0) is 48.0 Å². The molecular formula is C23H14F3NO5S.